The molecular formula is C11H9FN2O4. The van der Waals surface area contributed by atoms with E-state index in [0.29, 0.717) is 0 Å². The van der Waals surface area contributed by atoms with Gasteiger partial charge in [-0.15, -0.1) is 0 Å². The Kier molecular flexibility index (Phi) is 2.97. The molecule has 6 nitrogen and oxygen atoms in total. The van der Waals surface area contributed by atoms with Crippen LogP contribution in [0.4, 0.5) is 14.9 Å². The van der Waals surface area contributed by atoms with Crippen LogP contribution in [0.1, 0.15) is 6.42 Å². The van der Waals surface area contributed by atoms with Crippen LogP contribution < -0.4 is 15.0 Å². The average molecular weight is 252 g/mol. The van der Waals surface area contributed by atoms with Crippen molar-refractivity contribution in [3.8, 4) is 5.75 Å². The minimum absolute atomic E-state index is 0.0350. The minimum atomic E-state index is -0.874. The smallest absolute Gasteiger partial charge is 0.335 e. The lowest BCUT2D eigenvalue weighted by Crippen LogP contribution is -2.53. The molecule has 2 rings (SSSR count). The summed E-state index contributed by atoms with van der Waals surface area (Å²) in [4.78, 5) is 35.0. The van der Waals surface area contributed by atoms with Gasteiger partial charge in [-0.1, -0.05) is 0 Å². The molecule has 0 atom stereocenters. The molecule has 1 saturated heterocycles. The fourth-order valence-corrected chi connectivity index (χ4v) is 1.63. The molecule has 1 aromatic rings. The van der Waals surface area contributed by atoms with Crippen LogP contribution in [0.2, 0.25) is 0 Å². The molecule has 7 heteroatoms. The van der Waals surface area contributed by atoms with Crippen LogP contribution in [0.3, 0.4) is 0 Å². The Labute approximate surface area is 101 Å². The third-order valence-corrected chi connectivity index (χ3v) is 2.39. The molecule has 4 amide bonds. The second-order valence-electron chi connectivity index (χ2n) is 3.58. The molecule has 0 saturated carbocycles. The lowest BCUT2D eigenvalue weighted by atomic mass is 10.2. The number of hydrogen-bond donors (Lipinski definition) is 1. The molecule has 0 aromatic heterocycles. The Morgan fingerprint density at radius 2 is 2.06 bits per heavy atom. The first kappa shape index (κ1) is 12.0. The number of amides is 4. The number of rotatable bonds is 2. The number of anilines is 1. The molecule has 0 unspecified atom stereocenters. The summed E-state index contributed by atoms with van der Waals surface area (Å²) in [7, 11) is 1.29. The van der Waals surface area contributed by atoms with Crippen LogP contribution in [-0.4, -0.2) is 25.0 Å². The zero-order valence-electron chi connectivity index (χ0n) is 9.40. The van der Waals surface area contributed by atoms with Crippen molar-refractivity contribution in [2.24, 2.45) is 0 Å². The van der Waals surface area contributed by atoms with E-state index in [9.17, 15) is 18.8 Å². The maximum absolute atomic E-state index is 13.0. The average Bonchev–Trinajstić information content (AvgIpc) is 2.29. The highest BCUT2D eigenvalue weighted by Gasteiger charge is 2.33. The molecule has 94 valence electrons. The summed E-state index contributed by atoms with van der Waals surface area (Å²) >= 11 is 0. The number of benzene rings is 1. The van der Waals surface area contributed by atoms with Crippen molar-refractivity contribution in [3.05, 3.63) is 24.0 Å². The molecule has 0 bridgehead atoms. The number of urea groups is 1. The molecule has 18 heavy (non-hydrogen) atoms. The van der Waals surface area contributed by atoms with Gasteiger partial charge in [-0.3, -0.25) is 14.9 Å². The van der Waals surface area contributed by atoms with Crippen molar-refractivity contribution in [2.45, 2.75) is 6.42 Å². The third kappa shape index (κ3) is 2.02. The van der Waals surface area contributed by atoms with E-state index in [-0.39, 0.29) is 11.4 Å². The summed E-state index contributed by atoms with van der Waals surface area (Å²) in [6.07, 6.45) is -0.438. The maximum atomic E-state index is 13.0. The van der Waals surface area contributed by atoms with Gasteiger partial charge in [0.1, 0.15) is 18.0 Å². The van der Waals surface area contributed by atoms with E-state index in [1.165, 1.54) is 13.2 Å². The summed E-state index contributed by atoms with van der Waals surface area (Å²) < 4.78 is 17.9. The van der Waals surface area contributed by atoms with Crippen molar-refractivity contribution in [2.75, 3.05) is 12.0 Å². The van der Waals surface area contributed by atoms with Gasteiger partial charge in [0, 0.05) is 6.07 Å². The van der Waals surface area contributed by atoms with Crippen LogP contribution >= 0.6 is 0 Å². The number of hydrogen-bond acceptors (Lipinski definition) is 4. The third-order valence-electron chi connectivity index (χ3n) is 2.39. The van der Waals surface area contributed by atoms with Gasteiger partial charge < -0.3 is 4.74 Å². The van der Waals surface area contributed by atoms with Gasteiger partial charge in [0.2, 0.25) is 11.8 Å². The number of imide groups is 2. The van der Waals surface area contributed by atoms with Crippen molar-refractivity contribution in [1.29, 1.82) is 0 Å². The quantitative estimate of drug-likeness (QED) is 0.790. The molecule has 0 radical (unpaired) electrons. The number of carbonyl (C=O) groups excluding carboxylic acids is 3. The van der Waals surface area contributed by atoms with E-state index in [1.807, 2.05) is 5.32 Å². The van der Waals surface area contributed by atoms with E-state index >= 15 is 0 Å². The standard InChI is InChI=1S/C11H9FN2O4/c1-18-8-4-6(12)2-3-7(8)14-10(16)5-9(15)13-11(14)17/h2-4H,5H2,1H3,(H,13,15,17). The number of carbonyl (C=O) groups is 3. The van der Waals surface area contributed by atoms with Crippen molar-refractivity contribution < 1.29 is 23.5 Å². The number of nitrogens with one attached hydrogen (secondary N) is 1. The highest BCUT2D eigenvalue weighted by Crippen LogP contribution is 2.30. The molecule has 1 aromatic carbocycles. The monoisotopic (exact) mass is 252 g/mol. The summed E-state index contributed by atoms with van der Waals surface area (Å²) in [6, 6.07) is 2.50. The molecule has 1 aliphatic heterocycles. The molecule has 1 aliphatic rings. The van der Waals surface area contributed by atoms with Crippen LogP contribution in [0.15, 0.2) is 18.2 Å². The summed E-state index contributed by atoms with van der Waals surface area (Å²) in [5.74, 6) is -1.87. The Morgan fingerprint density at radius 3 is 2.67 bits per heavy atom. The zero-order valence-corrected chi connectivity index (χ0v) is 9.40. The maximum Gasteiger partial charge on any atom is 0.335 e. The lowest BCUT2D eigenvalue weighted by Gasteiger charge is -2.25. The first-order chi connectivity index (χ1) is 8.52. The van der Waals surface area contributed by atoms with E-state index in [4.69, 9.17) is 4.74 Å². The van der Waals surface area contributed by atoms with Gasteiger partial charge in [0.15, 0.2) is 0 Å². The predicted molar refractivity (Wildman–Crippen MR) is 58.6 cm³/mol. The van der Waals surface area contributed by atoms with E-state index in [1.54, 1.807) is 0 Å². The fraction of sp³-hybridized carbons (Fsp3) is 0.182. The highest BCUT2D eigenvalue weighted by molar-refractivity contribution is 6.26. The summed E-state index contributed by atoms with van der Waals surface area (Å²) in [6.45, 7) is 0. The van der Waals surface area contributed by atoms with Crippen LogP contribution in [-0.2, 0) is 9.59 Å². The molecule has 1 N–H and O–H groups in total. The van der Waals surface area contributed by atoms with Gasteiger partial charge in [-0.05, 0) is 12.1 Å². The number of ether oxygens (including phenoxy) is 1. The molecule has 0 aliphatic carbocycles. The van der Waals surface area contributed by atoms with Gasteiger partial charge in [-0.25, -0.2) is 14.1 Å². The normalized spacial score (nSPS) is 15.7. The van der Waals surface area contributed by atoms with E-state index < -0.39 is 30.1 Å². The van der Waals surface area contributed by atoms with Gasteiger partial charge in [0.05, 0.1) is 12.8 Å². The van der Waals surface area contributed by atoms with Crippen LogP contribution in [0, 0.1) is 5.82 Å². The number of methoxy groups -OCH3 is 1. The molecule has 1 heterocycles. The lowest BCUT2D eigenvalue weighted by molar-refractivity contribution is -0.128. The fourth-order valence-electron chi connectivity index (χ4n) is 1.63. The first-order valence-corrected chi connectivity index (χ1v) is 5.03. The Hall–Kier alpha value is -2.44. The van der Waals surface area contributed by atoms with Gasteiger partial charge in [0.25, 0.3) is 0 Å². The Morgan fingerprint density at radius 1 is 1.33 bits per heavy atom. The van der Waals surface area contributed by atoms with Crippen molar-refractivity contribution >= 4 is 23.5 Å². The first-order valence-electron chi connectivity index (χ1n) is 5.03. The second kappa shape index (κ2) is 4.44. The van der Waals surface area contributed by atoms with Crippen molar-refractivity contribution in [1.82, 2.24) is 5.32 Å². The second-order valence-corrected chi connectivity index (χ2v) is 3.58. The van der Waals surface area contributed by atoms with Gasteiger partial charge >= 0.3 is 6.03 Å². The predicted octanol–water partition coefficient (Wildman–Crippen LogP) is 0.807. The van der Waals surface area contributed by atoms with E-state index in [0.717, 1.165) is 17.0 Å². The number of barbiturate groups is 1. The van der Waals surface area contributed by atoms with Gasteiger partial charge in [-0.2, -0.15) is 0 Å². The summed E-state index contributed by atoms with van der Waals surface area (Å²) in [5, 5.41) is 2.00. The summed E-state index contributed by atoms with van der Waals surface area (Å²) in [5.41, 5.74) is 0.0916. The number of halogens is 1. The Bertz CT molecular complexity index is 524. The van der Waals surface area contributed by atoms with Crippen LogP contribution in [0.25, 0.3) is 0 Å². The molecule has 0 spiro atoms. The van der Waals surface area contributed by atoms with E-state index in [2.05, 4.69) is 0 Å². The zero-order chi connectivity index (χ0) is 13.3. The van der Waals surface area contributed by atoms with Crippen LogP contribution in [0.5, 0.6) is 5.75 Å². The molecule has 1 fully saturated rings. The minimum Gasteiger partial charge on any atom is -0.494 e. The Balaban J connectivity index is 2.44. The largest absolute Gasteiger partial charge is 0.494 e. The molecular weight excluding hydrogens is 243 g/mol. The number of nitrogens with zero attached hydrogens (tertiary/aromatic N) is 1. The highest BCUT2D eigenvalue weighted by atomic mass is 19.1. The SMILES string of the molecule is COc1cc(F)ccc1N1C(=O)CC(=O)NC1=O. The van der Waals surface area contributed by atoms with Crippen molar-refractivity contribution in [3.63, 3.8) is 0 Å². The topological polar surface area (TPSA) is 75.7 Å².